The average molecular weight is 440 g/mol. The Morgan fingerprint density at radius 1 is 1.17 bits per heavy atom. The van der Waals surface area contributed by atoms with Crippen molar-refractivity contribution in [3.63, 3.8) is 0 Å². The first-order chi connectivity index (χ1) is 14.5. The van der Waals surface area contributed by atoms with E-state index in [0.29, 0.717) is 26.7 Å². The van der Waals surface area contributed by atoms with Crippen molar-refractivity contribution in [3.05, 3.63) is 63.8 Å². The molecular weight excluding hydrogens is 414 g/mol. The molecule has 0 N–H and O–H groups in total. The van der Waals surface area contributed by atoms with E-state index in [9.17, 15) is 4.79 Å². The van der Waals surface area contributed by atoms with Crippen LogP contribution in [-0.2, 0) is 4.79 Å². The molecule has 0 bridgehead atoms. The Balaban J connectivity index is 1.68. The fourth-order valence-electron chi connectivity index (χ4n) is 3.92. The third-order valence-electron chi connectivity index (χ3n) is 5.64. The van der Waals surface area contributed by atoms with E-state index in [0.717, 1.165) is 31.2 Å². The number of rotatable bonds is 4. The minimum absolute atomic E-state index is 0.0452. The number of carbonyl (C=O) groups is 1. The van der Waals surface area contributed by atoms with E-state index in [1.165, 1.54) is 23.7 Å². The zero-order chi connectivity index (χ0) is 21.1. The van der Waals surface area contributed by atoms with Gasteiger partial charge >= 0.3 is 0 Å². The first-order valence-corrected chi connectivity index (χ1v) is 11.7. The highest BCUT2D eigenvalue weighted by Gasteiger charge is 2.38. The molecule has 1 aliphatic carbocycles. The summed E-state index contributed by atoms with van der Waals surface area (Å²) in [5, 5.41) is 1.20. The molecule has 2 aromatic rings. The maximum atomic E-state index is 13.4. The number of nitrogens with zero attached hydrogens (tertiary/aromatic N) is 3. The molecule has 0 radical (unpaired) electrons. The largest absolute Gasteiger partial charge is 0.283 e. The van der Waals surface area contributed by atoms with Crippen LogP contribution in [-0.4, -0.2) is 27.0 Å². The van der Waals surface area contributed by atoms with Gasteiger partial charge in [0.25, 0.3) is 5.91 Å². The molecular formula is C24H26ClN3OS. The maximum absolute atomic E-state index is 13.4. The minimum Gasteiger partial charge on any atom is -0.283 e. The molecule has 30 heavy (non-hydrogen) atoms. The molecule has 6 heteroatoms. The van der Waals surface area contributed by atoms with E-state index in [2.05, 4.69) is 43.1 Å². The number of halogens is 1. The molecule has 2 fully saturated rings. The third kappa shape index (κ3) is 4.62. The number of carbonyl (C=O) groups excluding carboxylic acids is 1. The van der Waals surface area contributed by atoms with Crippen LogP contribution in [0.3, 0.4) is 0 Å². The van der Waals surface area contributed by atoms with Gasteiger partial charge in [-0.25, -0.2) is 4.99 Å². The standard InChI is InChI=1S/C24H26ClN3OS/c1-16(2)18-10-8-17(9-11-18)14-22-23(29)28(19-6-4-3-5-7-19)24(30-22)27-21-12-13-26-15-20(21)25/h8-16,19H,3-7H2,1-2H3/b22-14-,27-24?. The molecule has 0 atom stereocenters. The van der Waals surface area contributed by atoms with Crippen molar-refractivity contribution in [2.45, 2.75) is 57.9 Å². The predicted octanol–water partition coefficient (Wildman–Crippen LogP) is 6.80. The molecule has 0 unspecified atom stereocenters. The summed E-state index contributed by atoms with van der Waals surface area (Å²) in [5.74, 6) is 0.531. The maximum Gasteiger partial charge on any atom is 0.267 e. The van der Waals surface area contributed by atoms with Crippen LogP contribution in [0.4, 0.5) is 5.69 Å². The fourth-order valence-corrected chi connectivity index (χ4v) is 5.13. The number of aliphatic imine (C=N–C) groups is 1. The van der Waals surface area contributed by atoms with Crippen LogP contribution >= 0.6 is 23.4 Å². The zero-order valence-electron chi connectivity index (χ0n) is 17.3. The molecule has 2 aliphatic rings. The quantitative estimate of drug-likeness (QED) is 0.492. The van der Waals surface area contributed by atoms with Crippen LogP contribution < -0.4 is 0 Å². The summed E-state index contributed by atoms with van der Waals surface area (Å²) >= 11 is 7.72. The number of aromatic nitrogens is 1. The lowest BCUT2D eigenvalue weighted by Crippen LogP contribution is -2.40. The summed E-state index contributed by atoms with van der Waals surface area (Å²) in [4.78, 5) is 24.8. The number of hydrogen-bond acceptors (Lipinski definition) is 4. The first kappa shape index (κ1) is 21.1. The van der Waals surface area contributed by atoms with Crippen LogP contribution in [0.2, 0.25) is 5.02 Å². The minimum atomic E-state index is 0.0452. The summed E-state index contributed by atoms with van der Waals surface area (Å²) in [6.07, 6.45) is 10.8. The highest BCUT2D eigenvalue weighted by atomic mass is 35.5. The number of amidine groups is 1. The van der Waals surface area contributed by atoms with Crippen molar-refractivity contribution in [3.8, 4) is 0 Å². The molecule has 1 saturated carbocycles. The third-order valence-corrected chi connectivity index (χ3v) is 6.92. The number of thioether (sulfide) groups is 1. The highest BCUT2D eigenvalue weighted by Crippen LogP contribution is 2.39. The molecule has 1 amide bonds. The predicted molar refractivity (Wildman–Crippen MR) is 126 cm³/mol. The fraction of sp³-hybridized carbons (Fsp3) is 0.375. The molecule has 2 heterocycles. The van der Waals surface area contributed by atoms with Gasteiger partial charge in [0.2, 0.25) is 0 Å². The van der Waals surface area contributed by atoms with E-state index in [4.69, 9.17) is 16.6 Å². The van der Waals surface area contributed by atoms with Crippen molar-refractivity contribution in [2.75, 3.05) is 0 Å². The summed E-state index contributed by atoms with van der Waals surface area (Å²) in [5.41, 5.74) is 2.97. The summed E-state index contributed by atoms with van der Waals surface area (Å²) in [7, 11) is 0. The van der Waals surface area contributed by atoms with Crippen LogP contribution in [0, 0.1) is 0 Å². The lowest BCUT2D eigenvalue weighted by atomic mass is 9.94. The second kappa shape index (κ2) is 9.36. The Kier molecular flexibility index (Phi) is 6.59. The van der Waals surface area contributed by atoms with Crippen LogP contribution in [0.1, 0.15) is 63.0 Å². The van der Waals surface area contributed by atoms with Gasteiger partial charge in [-0.1, -0.05) is 69.0 Å². The van der Waals surface area contributed by atoms with Crippen LogP contribution in [0.5, 0.6) is 0 Å². The second-order valence-corrected chi connectivity index (χ2v) is 9.54. The van der Waals surface area contributed by atoms with E-state index in [1.54, 1.807) is 18.5 Å². The van der Waals surface area contributed by atoms with Gasteiger partial charge in [-0.3, -0.25) is 14.7 Å². The van der Waals surface area contributed by atoms with Gasteiger partial charge in [-0.2, -0.15) is 0 Å². The smallest absolute Gasteiger partial charge is 0.267 e. The van der Waals surface area contributed by atoms with Gasteiger partial charge in [-0.05, 0) is 53.8 Å². The molecule has 4 nitrogen and oxygen atoms in total. The van der Waals surface area contributed by atoms with Crippen molar-refractivity contribution in [2.24, 2.45) is 4.99 Å². The number of benzene rings is 1. The van der Waals surface area contributed by atoms with Gasteiger partial charge in [-0.15, -0.1) is 0 Å². The molecule has 156 valence electrons. The van der Waals surface area contributed by atoms with E-state index in [-0.39, 0.29) is 11.9 Å². The number of hydrogen-bond donors (Lipinski definition) is 0. The Bertz CT molecular complexity index is 978. The first-order valence-electron chi connectivity index (χ1n) is 10.5. The molecule has 1 saturated heterocycles. The summed E-state index contributed by atoms with van der Waals surface area (Å²) in [6, 6.07) is 10.4. The summed E-state index contributed by atoms with van der Waals surface area (Å²) < 4.78 is 0. The number of amides is 1. The van der Waals surface area contributed by atoms with Crippen molar-refractivity contribution >= 4 is 46.2 Å². The van der Waals surface area contributed by atoms with Gasteiger partial charge in [0.05, 0.1) is 15.6 Å². The highest BCUT2D eigenvalue weighted by molar-refractivity contribution is 8.18. The van der Waals surface area contributed by atoms with Gasteiger partial charge in [0.15, 0.2) is 5.17 Å². The number of pyridine rings is 1. The molecule has 4 rings (SSSR count). The van der Waals surface area contributed by atoms with Gasteiger partial charge < -0.3 is 0 Å². The zero-order valence-corrected chi connectivity index (χ0v) is 18.9. The van der Waals surface area contributed by atoms with Crippen molar-refractivity contribution in [1.29, 1.82) is 0 Å². The monoisotopic (exact) mass is 439 g/mol. The lowest BCUT2D eigenvalue weighted by Gasteiger charge is -2.30. The Hall–Kier alpha value is -2.11. The SMILES string of the molecule is CC(C)c1ccc(/C=C2\SC(=Nc3ccncc3Cl)N(C3CCCCC3)C2=O)cc1. The summed E-state index contributed by atoms with van der Waals surface area (Å²) in [6.45, 7) is 4.36. The molecule has 1 aromatic carbocycles. The van der Waals surface area contributed by atoms with E-state index < -0.39 is 0 Å². The van der Waals surface area contributed by atoms with Crippen LogP contribution in [0.25, 0.3) is 6.08 Å². The normalized spacial score (nSPS) is 20.7. The lowest BCUT2D eigenvalue weighted by molar-refractivity contribution is -0.124. The second-order valence-electron chi connectivity index (χ2n) is 8.12. The van der Waals surface area contributed by atoms with E-state index >= 15 is 0 Å². The topological polar surface area (TPSA) is 45.6 Å². The van der Waals surface area contributed by atoms with Crippen molar-refractivity contribution in [1.82, 2.24) is 9.88 Å². The Labute approximate surface area is 187 Å². The molecule has 1 aliphatic heterocycles. The van der Waals surface area contributed by atoms with Crippen LogP contribution in [0.15, 0.2) is 52.6 Å². The van der Waals surface area contributed by atoms with Crippen molar-refractivity contribution < 1.29 is 4.79 Å². The Morgan fingerprint density at radius 3 is 2.57 bits per heavy atom. The Morgan fingerprint density at radius 2 is 1.90 bits per heavy atom. The van der Waals surface area contributed by atoms with E-state index in [1.807, 2.05) is 11.0 Å². The van der Waals surface area contributed by atoms with Gasteiger partial charge in [0, 0.05) is 18.4 Å². The van der Waals surface area contributed by atoms with Gasteiger partial charge in [0.1, 0.15) is 0 Å². The average Bonchev–Trinajstić information content (AvgIpc) is 3.05. The molecule has 1 aromatic heterocycles. The molecule has 0 spiro atoms.